The van der Waals surface area contributed by atoms with Crippen LogP contribution in [0.15, 0.2) is 22.8 Å². The van der Waals surface area contributed by atoms with Gasteiger partial charge in [0.25, 0.3) is 0 Å². The summed E-state index contributed by atoms with van der Waals surface area (Å²) in [4.78, 5) is 19.0. The van der Waals surface area contributed by atoms with Crippen LogP contribution in [0.4, 0.5) is 13.2 Å². The van der Waals surface area contributed by atoms with Crippen molar-refractivity contribution in [2.24, 2.45) is 5.73 Å². The Morgan fingerprint density at radius 2 is 2.00 bits per heavy atom. The first kappa shape index (κ1) is 19.9. The van der Waals surface area contributed by atoms with E-state index in [1.54, 1.807) is 11.2 Å². The highest BCUT2D eigenvalue weighted by molar-refractivity contribution is 5.77. The number of ether oxygens (including phenoxy) is 1. The number of halogens is 3. The molecule has 156 valence electrons. The van der Waals surface area contributed by atoms with E-state index in [2.05, 4.69) is 4.98 Å². The summed E-state index contributed by atoms with van der Waals surface area (Å²) in [5, 5.41) is 0. The predicted molar refractivity (Wildman–Crippen MR) is 96.4 cm³/mol. The predicted octanol–water partition coefficient (Wildman–Crippen LogP) is 2.83. The number of carbonyl (C=O) groups excluding carboxylic acids is 1. The number of hydrogen-bond acceptors (Lipinski definition) is 5. The van der Waals surface area contributed by atoms with Crippen molar-refractivity contribution in [3.63, 3.8) is 0 Å². The van der Waals surface area contributed by atoms with Gasteiger partial charge in [-0.1, -0.05) is 0 Å². The van der Waals surface area contributed by atoms with E-state index in [4.69, 9.17) is 14.9 Å². The van der Waals surface area contributed by atoms with Crippen LogP contribution < -0.4 is 5.73 Å². The van der Waals surface area contributed by atoms with Crippen LogP contribution in [0.5, 0.6) is 0 Å². The number of likely N-dealkylation sites (tertiary alicyclic amines) is 1. The van der Waals surface area contributed by atoms with Crippen LogP contribution in [0, 0.1) is 17.5 Å². The highest BCUT2D eigenvalue weighted by Gasteiger charge is 2.35. The normalized spacial score (nSPS) is 20.7. The van der Waals surface area contributed by atoms with Crippen molar-refractivity contribution in [2.45, 2.75) is 43.7 Å². The molecular weight excluding hydrogens is 387 g/mol. The standard InChI is InChI=1S/C20H22F3N3O3/c21-14-7-16(23)15(22)5-11(14)4-13(24)6-19(27)26-3-1-2-18(26)20-25-17(10-29-20)12-8-28-9-12/h5,7,10,12-13,18H,1-4,6,8-9,24H2/t13-,18+/m1/s1. The second-order valence-corrected chi connectivity index (χ2v) is 7.62. The average Bonchev–Trinajstić information content (AvgIpc) is 3.27. The van der Waals surface area contributed by atoms with Crippen LogP contribution >= 0.6 is 0 Å². The summed E-state index contributed by atoms with van der Waals surface area (Å²) in [7, 11) is 0. The molecular formula is C20H22F3N3O3. The molecule has 2 fully saturated rings. The van der Waals surface area contributed by atoms with Crippen LogP contribution in [0.3, 0.4) is 0 Å². The molecule has 3 heterocycles. The Balaban J connectivity index is 1.39. The average molecular weight is 409 g/mol. The quantitative estimate of drug-likeness (QED) is 0.742. The van der Waals surface area contributed by atoms with Crippen molar-refractivity contribution in [2.75, 3.05) is 19.8 Å². The molecule has 6 nitrogen and oxygen atoms in total. The van der Waals surface area contributed by atoms with Crippen LogP contribution in [0.25, 0.3) is 0 Å². The van der Waals surface area contributed by atoms with E-state index in [9.17, 15) is 18.0 Å². The monoisotopic (exact) mass is 409 g/mol. The zero-order valence-electron chi connectivity index (χ0n) is 15.7. The van der Waals surface area contributed by atoms with Gasteiger partial charge in [0.05, 0.1) is 24.8 Å². The molecule has 0 saturated carbocycles. The Hall–Kier alpha value is -2.39. The molecule has 0 radical (unpaired) electrons. The van der Waals surface area contributed by atoms with Gasteiger partial charge < -0.3 is 19.8 Å². The Morgan fingerprint density at radius 3 is 2.72 bits per heavy atom. The summed E-state index contributed by atoms with van der Waals surface area (Å²) < 4.78 is 51.0. The molecule has 0 spiro atoms. The maximum Gasteiger partial charge on any atom is 0.224 e. The van der Waals surface area contributed by atoms with Gasteiger partial charge in [0.15, 0.2) is 11.6 Å². The molecule has 0 unspecified atom stereocenters. The van der Waals surface area contributed by atoms with E-state index >= 15 is 0 Å². The van der Waals surface area contributed by atoms with Gasteiger partial charge in [0.2, 0.25) is 11.8 Å². The number of nitrogens with zero attached hydrogens (tertiary/aromatic N) is 2. The number of carbonyl (C=O) groups is 1. The van der Waals surface area contributed by atoms with Gasteiger partial charge in [-0.2, -0.15) is 0 Å². The second kappa shape index (κ2) is 8.16. The Morgan fingerprint density at radius 1 is 1.24 bits per heavy atom. The van der Waals surface area contributed by atoms with Gasteiger partial charge >= 0.3 is 0 Å². The lowest BCUT2D eigenvalue weighted by atomic mass is 10.0. The number of aromatic nitrogens is 1. The number of oxazole rings is 1. The second-order valence-electron chi connectivity index (χ2n) is 7.62. The minimum absolute atomic E-state index is 0.0427. The number of rotatable bonds is 6. The number of benzene rings is 1. The molecule has 0 aliphatic carbocycles. The van der Waals surface area contributed by atoms with Crippen molar-refractivity contribution in [1.29, 1.82) is 0 Å². The first-order chi connectivity index (χ1) is 13.9. The molecule has 1 aromatic carbocycles. The SMILES string of the molecule is N[C@@H](CC(=O)N1CCC[C@H]1c1nc(C2COC2)co1)Cc1cc(F)c(F)cc1F. The van der Waals surface area contributed by atoms with Gasteiger partial charge in [-0.15, -0.1) is 0 Å². The molecule has 2 atom stereocenters. The summed E-state index contributed by atoms with van der Waals surface area (Å²) in [6, 6.07) is 0.287. The van der Waals surface area contributed by atoms with E-state index in [0.717, 1.165) is 24.6 Å². The molecule has 29 heavy (non-hydrogen) atoms. The molecule has 9 heteroatoms. The van der Waals surface area contributed by atoms with Gasteiger partial charge in [0.1, 0.15) is 18.1 Å². The summed E-state index contributed by atoms with van der Waals surface area (Å²) >= 11 is 0. The third kappa shape index (κ3) is 4.16. The lowest BCUT2D eigenvalue weighted by Crippen LogP contribution is -2.36. The van der Waals surface area contributed by atoms with Crippen molar-refractivity contribution in [3.8, 4) is 0 Å². The van der Waals surface area contributed by atoms with Crippen LogP contribution in [-0.4, -0.2) is 41.6 Å². The smallest absolute Gasteiger partial charge is 0.224 e. The van der Waals surface area contributed by atoms with E-state index in [1.165, 1.54) is 0 Å². The van der Waals surface area contributed by atoms with Gasteiger partial charge in [-0.3, -0.25) is 4.79 Å². The van der Waals surface area contributed by atoms with Crippen LogP contribution in [-0.2, 0) is 16.0 Å². The van der Waals surface area contributed by atoms with Crippen molar-refractivity contribution < 1.29 is 27.1 Å². The van der Waals surface area contributed by atoms with Crippen LogP contribution in [0.2, 0.25) is 0 Å². The zero-order valence-corrected chi connectivity index (χ0v) is 15.7. The minimum Gasteiger partial charge on any atom is -0.446 e. The Kier molecular flexibility index (Phi) is 5.60. The van der Waals surface area contributed by atoms with E-state index in [-0.39, 0.29) is 36.3 Å². The minimum atomic E-state index is -1.26. The molecule has 4 rings (SSSR count). The summed E-state index contributed by atoms with van der Waals surface area (Å²) in [6.07, 6.45) is 3.05. The lowest BCUT2D eigenvalue weighted by molar-refractivity contribution is -0.132. The molecule has 2 saturated heterocycles. The van der Waals surface area contributed by atoms with E-state index < -0.39 is 23.5 Å². The molecule has 1 aromatic heterocycles. The Bertz CT molecular complexity index is 900. The van der Waals surface area contributed by atoms with Crippen LogP contribution in [0.1, 0.15) is 48.4 Å². The topological polar surface area (TPSA) is 81.6 Å². The molecule has 2 aliphatic heterocycles. The zero-order chi connectivity index (χ0) is 20.5. The van der Waals surface area contributed by atoms with Gasteiger partial charge in [-0.25, -0.2) is 18.2 Å². The maximum absolute atomic E-state index is 13.8. The van der Waals surface area contributed by atoms with Gasteiger partial charge in [-0.05, 0) is 30.9 Å². The van der Waals surface area contributed by atoms with E-state index in [0.29, 0.717) is 31.7 Å². The van der Waals surface area contributed by atoms with Crippen molar-refractivity contribution in [1.82, 2.24) is 9.88 Å². The fraction of sp³-hybridized carbons (Fsp3) is 0.500. The number of amides is 1. The highest BCUT2D eigenvalue weighted by atomic mass is 19.2. The molecule has 2 aromatic rings. The fourth-order valence-electron chi connectivity index (χ4n) is 3.79. The van der Waals surface area contributed by atoms with Crippen molar-refractivity contribution in [3.05, 3.63) is 53.0 Å². The van der Waals surface area contributed by atoms with Gasteiger partial charge in [0, 0.05) is 25.1 Å². The first-order valence-electron chi connectivity index (χ1n) is 9.64. The number of hydrogen-bond donors (Lipinski definition) is 1. The molecule has 2 aliphatic rings. The molecule has 0 bridgehead atoms. The molecule has 2 N–H and O–H groups in total. The van der Waals surface area contributed by atoms with E-state index in [1.807, 2.05) is 0 Å². The fourth-order valence-corrected chi connectivity index (χ4v) is 3.79. The number of nitrogens with two attached hydrogens (primary N) is 1. The highest BCUT2D eigenvalue weighted by Crippen LogP contribution is 2.34. The maximum atomic E-state index is 13.8. The Labute approximate surface area is 165 Å². The first-order valence-corrected chi connectivity index (χ1v) is 9.64. The summed E-state index contributed by atoms with van der Waals surface area (Å²) in [5.41, 5.74) is 6.78. The van der Waals surface area contributed by atoms with Crippen molar-refractivity contribution >= 4 is 5.91 Å². The third-order valence-corrected chi connectivity index (χ3v) is 5.46. The summed E-state index contributed by atoms with van der Waals surface area (Å²) in [5.74, 6) is -2.74. The third-order valence-electron chi connectivity index (χ3n) is 5.46. The largest absolute Gasteiger partial charge is 0.446 e. The molecule has 1 amide bonds. The summed E-state index contributed by atoms with van der Waals surface area (Å²) in [6.45, 7) is 1.80. The lowest BCUT2D eigenvalue weighted by Gasteiger charge is -2.25.